The van der Waals surface area contributed by atoms with Crippen molar-refractivity contribution in [2.45, 2.75) is 0 Å². The molecule has 0 aromatic carbocycles. The minimum absolute atomic E-state index is 0. The Balaban J connectivity index is 0. The lowest BCUT2D eigenvalue weighted by atomic mass is 10.6. The van der Waals surface area contributed by atoms with Gasteiger partial charge in [0.2, 0.25) is 0 Å². The van der Waals surface area contributed by atoms with Crippen LogP contribution in [0.15, 0.2) is 6.33 Å². The molecule has 0 unspecified atom stereocenters. The number of nitrogens with one attached hydrogen (secondary N) is 2. The zero-order chi connectivity index (χ0) is 5.98. The van der Waals surface area contributed by atoms with E-state index in [-0.39, 0.29) is 30.6 Å². The highest BCUT2D eigenvalue weighted by atomic mass is 35.5. The fourth-order valence-corrected chi connectivity index (χ4v) is 0.335. The summed E-state index contributed by atoms with van der Waals surface area (Å²) < 4.78 is 0. The molecule has 5 nitrogen and oxygen atoms in total. The van der Waals surface area contributed by atoms with Crippen molar-refractivity contribution < 1.29 is 0 Å². The van der Waals surface area contributed by atoms with Gasteiger partial charge in [0.25, 0.3) is 0 Å². The molecule has 0 aliphatic carbocycles. The molecule has 0 radical (unpaired) electrons. The third-order valence-electron chi connectivity index (χ3n) is 0.670. The number of rotatable bonds is 1. The van der Waals surface area contributed by atoms with Crippen LogP contribution in [0.2, 0.25) is 0 Å². The molecule has 1 aromatic heterocycles. The first-order chi connectivity index (χ1) is 3.80. The van der Waals surface area contributed by atoms with E-state index in [1.165, 1.54) is 6.33 Å². The fraction of sp³-hybridized carbons (Fsp3) is 0. The summed E-state index contributed by atoms with van der Waals surface area (Å²) in [5.41, 5.74) is 5.01. The molecule has 1 heterocycles. The molecule has 4 N–H and O–H groups in total. The quantitative estimate of drug-likeness (QED) is 0.421. The van der Waals surface area contributed by atoms with Crippen molar-refractivity contribution in [3.63, 3.8) is 0 Å². The Morgan fingerprint density at radius 1 is 1.60 bits per heavy atom. The third-order valence-corrected chi connectivity index (χ3v) is 0.670. The van der Waals surface area contributed by atoms with Crippen LogP contribution in [0.5, 0.6) is 0 Å². The largest absolute Gasteiger partial charge is 0.381 e. The van der Waals surface area contributed by atoms with Crippen molar-refractivity contribution >= 4 is 30.6 Å². The Labute approximate surface area is 69.7 Å². The molecule has 1 rings (SSSR count). The number of aromatic nitrogens is 3. The van der Waals surface area contributed by atoms with Gasteiger partial charge < -0.3 is 5.73 Å². The highest BCUT2D eigenvalue weighted by molar-refractivity contribution is 5.90. The highest BCUT2D eigenvalue weighted by Gasteiger charge is 1.94. The van der Waals surface area contributed by atoms with Gasteiger partial charge in [-0.1, -0.05) is 0 Å². The van der Waals surface area contributed by atoms with Gasteiger partial charge in [0.1, 0.15) is 6.33 Å². The monoisotopic (exact) mass is 183 g/mol. The van der Waals surface area contributed by atoms with Crippen LogP contribution in [0, 0.1) is 5.41 Å². The van der Waals surface area contributed by atoms with Gasteiger partial charge in [-0.15, -0.1) is 24.8 Å². The van der Waals surface area contributed by atoms with Crippen LogP contribution in [-0.4, -0.2) is 21.0 Å². The molecule has 0 aliphatic heterocycles. The van der Waals surface area contributed by atoms with Crippen molar-refractivity contribution in [3.05, 3.63) is 12.2 Å². The molecule has 0 fully saturated rings. The number of nitrogen functional groups attached to an aromatic ring is 1. The van der Waals surface area contributed by atoms with E-state index < -0.39 is 0 Å². The second kappa shape index (κ2) is 5.01. The summed E-state index contributed by atoms with van der Waals surface area (Å²) in [6.45, 7) is 0. The lowest BCUT2D eigenvalue weighted by Gasteiger charge is -1.83. The van der Waals surface area contributed by atoms with Crippen LogP contribution >= 0.6 is 24.8 Å². The zero-order valence-corrected chi connectivity index (χ0v) is 6.50. The Bertz CT molecular complexity index is 183. The Kier molecular flexibility index (Phi) is 5.98. The molecule has 0 aliphatic rings. The number of nitrogens with two attached hydrogens (primary N) is 1. The summed E-state index contributed by atoms with van der Waals surface area (Å²) in [7, 11) is 0. The average Bonchev–Trinajstić information content (AvgIpc) is 2.12. The van der Waals surface area contributed by atoms with Crippen molar-refractivity contribution in [2.24, 2.45) is 5.73 Å². The standard InChI is InChI=1S/C3H5N5.2ClH/c4-2(5)3-6-1-7-8-3;;/h1H,(H3,4,5)(H,6,7,8);2*1H. The van der Waals surface area contributed by atoms with E-state index in [1.807, 2.05) is 0 Å². The van der Waals surface area contributed by atoms with Gasteiger partial charge in [0.15, 0.2) is 11.7 Å². The second-order valence-electron chi connectivity index (χ2n) is 1.25. The van der Waals surface area contributed by atoms with E-state index in [9.17, 15) is 0 Å². The molecule has 0 atom stereocenters. The zero-order valence-electron chi connectivity index (χ0n) is 4.87. The molecular formula is C3H7Cl2N5. The van der Waals surface area contributed by atoms with Crippen molar-refractivity contribution in [1.29, 1.82) is 5.41 Å². The Morgan fingerprint density at radius 3 is 2.40 bits per heavy atom. The summed E-state index contributed by atoms with van der Waals surface area (Å²) in [5.74, 6) is 0.215. The summed E-state index contributed by atoms with van der Waals surface area (Å²) in [4.78, 5) is 3.60. The maximum atomic E-state index is 6.80. The molecule has 0 amide bonds. The van der Waals surface area contributed by atoms with Crippen LogP contribution < -0.4 is 5.73 Å². The number of halogens is 2. The van der Waals surface area contributed by atoms with Crippen LogP contribution in [0.25, 0.3) is 0 Å². The molecule has 0 bridgehead atoms. The van der Waals surface area contributed by atoms with Gasteiger partial charge in [-0.25, -0.2) is 4.98 Å². The molecule has 10 heavy (non-hydrogen) atoms. The molecule has 58 valence electrons. The van der Waals surface area contributed by atoms with Crippen LogP contribution in [-0.2, 0) is 0 Å². The van der Waals surface area contributed by atoms with E-state index in [4.69, 9.17) is 11.1 Å². The number of aromatic amines is 1. The SMILES string of the molecule is Cl.Cl.N=C(N)c1ncn[nH]1. The van der Waals surface area contributed by atoms with Crippen molar-refractivity contribution in [1.82, 2.24) is 15.2 Å². The Morgan fingerprint density at radius 2 is 2.20 bits per heavy atom. The first kappa shape index (κ1) is 11.9. The molecule has 0 saturated carbocycles. The third kappa shape index (κ3) is 2.65. The summed E-state index contributed by atoms with van der Waals surface area (Å²) in [5, 5.41) is 12.7. The smallest absolute Gasteiger partial charge is 0.190 e. The van der Waals surface area contributed by atoms with Crippen LogP contribution in [0.1, 0.15) is 5.82 Å². The maximum Gasteiger partial charge on any atom is 0.190 e. The normalized spacial score (nSPS) is 7.20. The van der Waals surface area contributed by atoms with E-state index in [0.29, 0.717) is 5.82 Å². The van der Waals surface area contributed by atoms with Gasteiger partial charge in [-0.3, -0.25) is 10.5 Å². The molecule has 0 saturated heterocycles. The van der Waals surface area contributed by atoms with Crippen LogP contribution in [0.4, 0.5) is 0 Å². The van der Waals surface area contributed by atoms with Crippen molar-refractivity contribution in [2.75, 3.05) is 0 Å². The Hall–Kier alpha value is -0.810. The summed E-state index contributed by atoms with van der Waals surface area (Å²) in [6.07, 6.45) is 1.30. The average molecular weight is 184 g/mol. The van der Waals surface area contributed by atoms with Gasteiger partial charge >= 0.3 is 0 Å². The maximum absolute atomic E-state index is 6.80. The van der Waals surface area contributed by atoms with Gasteiger partial charge in [0.05, 0.1) is 0 Å². The highest BCUT2D eigenvalue weighted by Crippen LogP contribution is 1.78. The second-order valence-corrected chi connectivity index (χ2v) is 1.25. The molecule has 1 aromatic rings. The fourth-order valence-electron chi connectivity index (χ4n) is 0.335. The number of nitrogens with zero attached hydrogens (tertiary/aromatic N) is 2. The first-order valence-corrected chi connectivity index (χ1v) is 2.00. The molecular weight excluding hydrogens is 177 g/mol. The number of H-pyrrole nitrogens is 1. The molecule has 7 heteroatoms. The lowest BCUT2D eigenvalue weighted by molar-refractivity contribution is 1.07. The topological polar surface area (TPSA) is 91.4 Å². The van der Waals surface area contributed by atoms with Crippen molar-refractivity contribution in [3.8, 4) is 0 Å². The van der Waals surface area contributed by atoms with Gasteiger partial charge in [-0.2, -0.15) is 5.10 Å². The van der Waals surface area contributed by atoms with Crippen LogP contribution in [0.3, 0.4) is 0 Å². The predicted molar refractivity (Wildman–Crippen MR) is 41.9 cm³/mol. The first-order valence-electron chi connectivity index (χ1n) is 2.00. The van der Waals surface area contributed by atoms with E-state index in [2.05, 4.69) is 15.2 Å². The van der Waals surface area contributed by atoms with Gasteiger partial charge in [-0.05, 0) is 0 Å². The molecule has 0 spiro atoms. The summed E-state index contributed by atoms with van der Waals surface area (Å²) >= 11 is 0. The number of hydrogen-bond acceptors (Lipinski definition) is 3. The number of amidine groups is 1. The van der Waals surface area contributed by atoms with E-state index in [0.717, 1.165) is 0 Å². The summed E-state index contributed by atoms with van der Waals surface area (Å²) in [6, 6.07) is 0. The predicted octanol–water partition coefficient (Wildman–Crippen LogP) is -0.0676. The lowest BCUT2D eigenvalue weighted by Crippen LogP contribution is -2.12. The van der Waals surface area contributed by atoms with E-state index in [1.54, 1.807) is 0 Å². The van der Waals surface area contributed by atoms with Gasteiger partial charge in [0, 0.05) is 0 Å². The van der Waals surface area contributed by atoms with E-state index >= 15 is 0 Å². The minimum atomic E-state index is -0.0949. The number of hydrogen-bond donors (Lipinski definition) is 3. The minimum Gasteiger partial charge on any atom is -0.381 e.